The van der Waals surface area contributed by atoms with Crippen LogP contribution in [-0.4, -0.2) is 61.0 Å². The SMILES string of the molecule is CCOC(=O)C(C)=C[C@H](C(C)C)N(C)C(=O)[C@@H](NC(=O)C1CCCCN1)C(C)(C)C. The molecule has 1 fully saturated rings. The molecule has 0 aliphatic carbocycles. The van der Waals surface area contributed by atoms with Crippen molar-refractivity contribution in [2.75, 3.05) is 20.2 Å². The van der Waals surface area contributed by atoms with Gasteiger partial charge in [0.2, 0.25) is 11.8 Å². The Morgan fingerprint density at radius 2 is 1.87 bits per heavy atom. The largest absolute Gasteiger partial charge is 0.463 e. The van der Waals surface area contributed by atoms with Gasteiger partial charge in [0.05, 0.1) is 18.7 Å². The number of hydrogen-bond acceptors (Lipinski definition) is 5. The van der Waals surface area contributed by atoms with Crippen molar-refractivity contribution in [1.29, 1.82) is 0 Å². The van der Waals surface area contributed by atoms with E-state index in [-0.39, 0.29) is 35.8 Å². The molecule has 0 saturated carbocycles. The van der Waals surface area contributed by atoms with Crippen LogP contribution in [0.4, 0.5) is 0 Å². The van der Waals surface area contributed by atoms with Crippen molar-refractivity contribution in [2.24, 2.45) is 11.3 Å². The van der Waals surface area contributed by atoms with Crippen molar-refractivity contribution in [3.8, 4) is 0 Å². The Morgan fingerprint density at radius 1 is 1.23 bits per heavy atom. The number of ether oxygens (including phenoxy) is 1. The lowest BCUT2D eigenvalue weighted by molar-refractivity contribution is -0.141. The smallest absolute Gasteiger partial charge is 0.333 e. The minimum absolute atomic E-state index is 0.0830. The fraction of sp³-hybridized carbons (Fsp3) is 0.783. The monoisotopic (exact) mass is 423 g/mol. The number of nitrogens with one attached hydrogen (secondary N) is 2. The molecule has 0 radical (unpaired) electrons. The molecule has 0 aromatic rings. The molecule has 1 unspecified atom stereocenters. The lowest BCUT2D eigenvalue weighted by Gasteiger charge is -2.38. The third-order valence-corrected chi connectivity index (χ3v) is 5.52. The topological polar surface area (TPSA) is 87.7 Å². The van der Waals surface area contributed by atoms with E-state index < -0.39 is 11.5 Å². The predicted octanol–water partition coefficient (Wildman–Crippen LogP) is 2.65. The zero-order chi connectivity index (χ0) is 23.1. The highest BCUT2D eigenvalue weighted by atomic mass is 16.5. The zero-order valence-corrected chi connectivity index (χ0v) is 20.0. The number of amides is 2. The van der Waals surface area contributed by atoms with E-state index in [4.69, 9.17) is 4.74 Å². The summed E-state index contributed by atoms with van der Waals surface area (Å²) < 4.78 is 5.07. The van der Waals surface area contributed by atoms with Crippen LogP contribution in [0.3, 0.4) is 0 Å². The van der Waals surface area contributed by atoms with Gasteiger partial charge in [-0.1, -0.05) is 47.1 Å². The molecule has 0 spiro atoms. The molecule has 3 atom stereocenters. The number of carbonyl (C=O) groups excluding carboxylic acids is 3. The van der Waals surface area contributed by atoms with Crippen LogP contribution >= 0.6 is 0 Å². The summed E-state index contributed by atoms with van der Waals surface area (Å²) in [5.74, 6) is -0.596. The maximum absolute atomic E-state index is 13.5. The number of piperidine rings is 1. The van der Waals surface area contributed by atoms with Crippen molar-refractivity contribution < 1.29 is 19.1 Å². The lowest BCUT2D eigenvalue weighted by atomic mass is 9.84. The average molecular weight is 424 g/mol. The van der Waals surface area contributed by atoms with Crippen molar-refractivity contribution in [3.63, 3.8) is 0 Å². The van der Waals surface area contributed by atoms with E-state index in [1.807, 2.05) is 34.6 Å². The van der Waals surface area contributed by atoms with Gasteiger partial charge in [-0.3, -0.25) is 9.59 Å². The van der Waals surface area contributed by atoms with Gasteiger partial charge in [0.25, 0.3) is 0 Å². The predicted molar refractivity (Wildman–Crippen MR) is 119 cm³/mol. The first-order valence-corrected chi connectivity index (χ1v) is 11.1. The second-order valence-electron chi connectivity index (χ2n) is 9.56. The van der Waals surface area contributed by atoms with Crippen LogP contribution in [0.15, 0.2) is 11.6 Å². The van der Waals surface area contributed by atoms with E-state index in [1.165, 1.54) is 0 Å². The van der Waals surface area contributed by atoms with Crippen LogP contribution in [0.5, 0.6) is 0 Å². The van der Waals surface area contributed by atoms with Gasteiger partial charge in [0, 0.05) is 12.6 Å². The van der Waals surface area contributed by atoms with Gasteiger partial charge in [-0.2, -0.15) is 0 Å². The highest BCUT2D eigenvalue weighted by Gasteiger charge is 2.38. The summed E-state index contributed by atoms with van der Waals surface area (Å²) in [6.45, 7) is 14.4. The molecule has 1 aliphatic heterocycles. The molecule has 0 bridgehead atoms. The molecule has 1 saturated heterocycles. The van der Waals surface area contributed by atoms with Gasteiger partial charge in [0.1, 0.15) is 6.04 Å². The molecule has 0 aromatic carbocycles. The summed E-state index contributed by atoms with van der Waals surface area (Å²) >= 11 is 0. The van der Waals surface area contributed by atoms with Crippen LogP contribution in [0.25, 0.3) is 0 Å². The summed E-state index contributed by atoms with van der Waals surface area (Å²) in [5, 5.41) is 6.23. The molecule has 2 amide bonds. The number of nitrogens with zero attached hydrogens (tertiary/aromatic N) is 1. The van der Waals surface area contributed by atoms with Crippen molar-refractivity contribution in [3.05, 3.63) is 11.6 Å². The average Bonchev–Trinajstić information content (AvgIpc) is 2.68. The van der Waals surface area contributed by atoms with Gasteiger partial charge in [-0.15, -0.1) is 0 Å². The van der Waals surface area contributed by atoms with Crippen molar-refractivity contribution in [2.45, 2.75) is 85.9 Å². The van der Waals surface area contributed by atoms with Crippen LogP contribution in [0.2, 0.25) is 0 Å². The molecular weight excluding hydrogens is 382 g/mol. The number of esters is 1. The molecular formula is C23H41N3O4. The van der Waals surface area contributed by atoms with Gasteiger partial charge < -0.3 is 20.3 Å². The number of likely N-dealkylation sites (N-methyl/N-ethyl adjacent to an activating group) is 1. The third-order valence-electron chi connectivity index (χ3n) is 5.52. The number of carbonyl (C=O) groups is 3. The van der Waals surface area contributed by atoms with E-state index in [2.05, 4.69) is 10.6 Å². The van der Waals surface area contributed by atoms with E-state index in [1.54, 1.807) is 31.9 Å². The van der Waals surface area contributed by atoms with Gasteiger partial charge in [-0.05, 0) is 44.6 Å². The lowest BCUT2D eigenvalue weighted by Crippen LogP contribution is -2.59. The summed E-state index contributed by atoms with van der Waals surface area (Å²) in [4.78, 5) is 40.0. The molecule has 2 N–H and O–H groups in total. The first-order valence-electron chi connectivity index (χ1n) is 11.1. The van der Waals surface area contributed by atoms with E-state index >= 15 is 0 Å². The quantitative estimate of drug-likeness (QED) is 0.463. The second kappa shape index (κ2) is 11.5. The fourth-order valence-corrected chi connectivity index (χ4v) is 3.64. The third kappa shape index (κ3) is 7.42. The molecule has 7 heteroatoms. The summed E-state index contributed by atoms with van der Waals surface area (Å²) in [7, 11) is 1.73. The fourth-order valence-electron chi connectivity index (χ4n) is 3.64. The summed E-state index contributed by atoms with van der Waals surface area (Å²) in [6.07, 6.45) is 4.64. The first-order chi connectivity index (χ1) is 13.9. The Hall–Kier alpha value is -1.89. The Labute approximate surface area is 182 Å². The molecule has 1 heterocycles. The van der Waals surface area contributed by atoms with Crippen molar-refractivity contribution in [1.82, 2.24) is 15.5 Å². The summed E-state index contributed by atoms with van der Waals surface area (Å²) in [5.41, 5.74) is 0.00911. The van der Waals surface area contributed by atoms with Gasteiger partial charge in [-0.25, -0.2) is 4.79 Å². The van der Waals surface area contributed by atoms with Gasteiger partial charge in [0.15, 0.2) is 0 Å². The minimum atomic E-state index is -0.670. The second-order valence-corrected chi connectivity index (χ2v) is 9.56. The van der Waals surface area contributed by atoms with Crippen molar-refractivity contribution >= 4 is 17.8 Å². The van der Waals surface area contributed by atoms with E-state index in [0.717, 1.165) is 25.8 Å². The normalized spacial score (nSPS) is 19.8. The van der Waals surface area contributed by atoms with E-state index in [0.29, 0.717) is 12.2 Å². The Balaban J connectivity index is 3.06. The molecule has 172 valence electrons. The highest BCUT2D eigenvalue weighted by molar-refractivity contribution is 5.91. The Morgan fingerprint density at radius 3 is 2.33 bits per heavy atom. The standard InChI is InChI=1S/C23H41N3O4/c1-9-30-22(29)16(4)14-18(15(2)3)26(8)21(28)19(23(5,6)7)25-20(27)17-12-10-11-13-24-17/h14-15,17-19,24H,9-13H2,1-8H3,(H,25,27)/t17?,18-,19-/m1/s1. The number of hydrogen-bond donors (Lipinski definition) is 2. The highest BCUT2D eigenvalue weighted by Crippen LogP contribution is 2.24. The molecule has 7 nitrogen and oxygen atoms in total. The minimum Gasteiger partial charge on any atom is -0.463 e. The Bertz CT molecular complexity index is 631. The van der Waals surface area contributed by atoms with Crippen LogP contribution in [0.1, 0.15) is 67.7 Å². The zero-order valence-electron chi connectivity index (χ0n) is 20.0. The first kappa shape index (κ1) is 26.1. The molecule has 0 aromatic heterocycles. The molecule has 1 rings (SSSR count). The summed E-state index contributed by atoms with van der Waals surface area (Å²) in [6, 6.07) is -1.22. The van der Waals surface area contributed by atoms with Gasteiger partial charge >= 0.3 is 5.97 Å². The van der Waals surface area contributed by atoms with E-state index in [9.17, 15) is 14.4 Å². The van der Waals surface area contributed by atoms with Crippen LogP contribution < -0.4 is 10.6 Å². The molecule has 1 aliphatic rings. The molecule has 30 heavy (non-hydrogen) atoms. The Kier molecular flexibility index (Phi) is 10.0. The maximum atomic E-state index is 13.5. The van der Waals surface area contributed by atoms with Crippen LogP contribution in [0, 0.1) is 11.3 Å². The maximum Gasteiger partial charge on any atom is 0.333 e. The van der Waals surface area contributed by atoms with Crippen LogP contribution in [-0.2, 0) is 19.1 Å². The number of rotatable bonds is 8.